The van der Waals surface area contributed by atoms with Crippen LogP contribution in [-0.2, 0) is 4.79 Å². The molecule has 1 amide bonds. The van der Waals surface area contributed by atoms with Crippen molar-refractivity contribution in [2.24, 2.45) is 0 Å². The summed E-state index contributed by atoms with van der Waals surface area (Å²) in [6.45, 7) is 6.37. The lowest BCUT2D eigenvalue weighted by atomic mass is 10.3. The number of hydrogen-bond donors (Lipinski definition) is 1. The van der Waals surface area contributed by atoms with Crippen LogP contribution >= 0.6 is 22.6 Å². The molecule has 3 nitrogen and oxygen atoms in total. The fraction of sp³-hybridized carbons (Fsp3) is 0.417. The molecule has 0 atom stereocenters. The number of benzene rings is 1. The molecule has 0 radical (unpaired) electrons. The zero-order chi connectivity index (χ0) is 12.0. The molecule has 0 heterocycles. The first kappa shape index (κ1) is 13.4. The summed E-state index contributed by atoms with van der Waals surface area (Å²) in [5.74, 6) is 0.0469. The fourth-order valence-corrected chi connectivity index (χ4v) is 1.96. The van der Waals surface area contributed by atoms with Gasteiger partial charge in [-0.2, -0.15) is 0 Å². The zero-order valence-electron chi connectivity index (χ0n) is 9.66. The van der Waals surface area contributed by atoms with Gasteiger partial charge in [-0.3, -0.25) is 9.69 Å². The molecule has 0 aromatic heterocycles. The molecule has 0 aliphatic rings. The average Bonchev–Trinajstić information content (AvgIpc) is 2.26. The summed E-state index contributed by atoms with van der Waals surface area (Å²) < 4.78 is 1.12. The van der Waals surface area contributed by atoms with E-state index in [2.05, 4.69) is 46.7 Å². The van der Waals surface area contributed by atoms with Crippen molar-refractivity contribution in [1.29, 1.82) is 0 Å². The van der Waals surface area contributed by atoms with Gasteiger partial charge in [0.25, 0.3) is 0 Å². The maximum absolute atomic E-state index is 11.7. The van der Waals surface area contributed by atoms with Crippen molar-refractivity contribution >= 4 is 34.2 Å². The lowest BCUT2D eigenvalue weighted by molar-refractivity contribution is -0.117. The zero-order valence-corrected chi connectivity index (χ0v) is 11.8. The minimum Gasteiger partial charge on any atom is -0.325 e. The van der Waals surface area contributed by atoms with E-state index in [-0.39, 0.29) is 5.91 Å². The highest BCUT2D eigenvalue weighted by molar-refractivity contribution is 14.1. The third-order valence-corrected chi connectivity index (χ3v) is 3.04. The van der Waals surface area contributed by atoms with E-state index in [1.807, 2.05) is 24.3 Å². The number of anilines is 1. The van der Waals surface area contributed by atoms with Gasteiger partial charge in [-0.25, -0.2) is 0 Å². The van der Waals surface area contributed by atoms with Crippen LogP contribution in [0.5, 0.6) is 0 Å². The molecule has 0 saturated carbocycles. The van der Waals surface area contributed by atoms with E-state index in [0.717, 1.165) is 22.3 Å². The summed E-state index contributed by atoms with van der Waals surface area (Å²) >= 11 is 2.23. The van der Waals surface area contributed by atoms with E-state index >= 15 is 0 Å². The van der Waals surface area contributed by atoms with Gasteiger partial charge in [0.05, 0.1) is 6.54 Å². The van der Waals surface area contributed by atoms with Crippen molar-refractivity contribution in [1.82, 2.24) is 4.90 Å². The van der Waals surface area contributed by atoms with Gasteiger partial charge in [0.2, 0.25) is 5.91 Å². The maximum atomic E-state index is 11.7. The second kappa shape index (κ2) is 6.85. The summed E-state index contributed by atoms with van der Waals surface area (Å²) in [6, 6.07) is 7.80. The molecular formula is C12H17IN2O. The lowest BCUT2D eigenvalue weighted by Gasteiger charge is -2.17. The van der Waals surface area contributed by atoms with Gasteiger partial charge in [-0.15, -0.1) is 0 Å². The molecule has 16 heavy (non-hydrogen) atoms. The topological polar surface area (TPSA) is 32.3 Å². The Hall–Kier alpha value is -0.620. The number of rotatable bonds is 5. The smallest absolute Gasteiger partial charge is 0.238 e. The van der Waals surface area contributed by atoms with Crippen LogP contribution in [-0.4, -0.2) is 30.4 Å². The predicted octanol–water partition coefficient (Wildman–Crippen LogP) is 2.57. The minimum absolute atomic E-state index is 0.0469. The van der Waals surface area contributed by atoms with Gasteiger partial charge < -0.3 is 5.32 Å². The molecule has 0 unspecified atom stereocenters. The second-order valence-electron chi connectivity index (χ2n) is 3.52. The van der Waals surface area contributed by atoms with Gasteiger partial charge in [0, 0.05) is 9.26 Å². The Balaban J connectivity index is 2.51. The van der Waals surface area contributed by atoms with Crippen LogP contribution in [0.4, 0.5) is 5.69 Å². The Bertz CT molecular complexity index is 351. The molecule has 1 N–H and O–H groups in total. The van der Waals surface area contributed by atoms with Crippen LogP contribution < -0.4 is 5.32 Å². The van der Waals surface area contributed by atoms with Crippen molar-refractivity contribution in [3.05, 3.63) is 27.8 Å². The third kappa shape index (κ3) is 4.49. The highest BCUT2D eigenvalue weighted by Crippen LogP contribution is 2.12. The summed E-state index contributed by atoms with van der Waals surface area (Å²) in [5.41, 5.74) is 0.865. The van der Waals surface area contributed by atoms with E-state index < -0.39 is 0 Å². The number of carbonyl (C=O) groups excluding carboxylic acids is 1. The molecule has 88 valence electrons. The van der Waals surface area contributed by atoms with E-state index in [1.54, 1.807) is 0 Å². The maximum Gasteiger partial charge on any atom is 0.238 e. The average molecular weight is 332 g/mol. The fourth-order valence-electron chi connectivity index (χ4n) is 1.42. The summed E-state index contributed by atoms with van der Waals surface area (Å²) in [7, 11) is 0. The third-order valence-electron chi connectivity index (χ3n) is 2.37. The molecule has 0 aliphatic carbocycles. The normalized spacial score (nSPS) is 10.5. The standard InChI is InChI=1S/C12H17IN2O/c1-3-15(4-2)9-12(16)14-11-7-5-6-10(13)8-11/h5-8H,3-4,9H2,1-2H3,(H,14,16). The first-order valence-electron chi connectivity index (χ1n) is 5.43. The summed E-state index contributed by atoms with van der Waals surface area (Å²) in [6.07, 6.45) is 0. The van der Waals surface area contributed by atoms with Crippen LogP contribution in [0.25, 0.3) is 0 Å². The van der Waals surface area contributed by atoms with Crippen molar-refractivity contribution in [2.75, 3.05) is 25.0 Å². The molecule has 0 saturated heterocycles. The molecule has 1 aromatic rings. The van der Waals surface area contributed by atoms with Crippen LogP contribution in [0.3, 0.4) is 0 Å². The molecule has 0 spiro atoms. The van der Waals surface area contributed by atoms with Crippen molar-refractivity contribution in [3.63, 3.8) is 0 Å². The Morgan fingerprint density at radius 2 is 2.06 bits per heavy atom. The predicted molar refractivity (Wildman–Crippen MR) is 75.6 cm³/mol. The molecular weight excluding hydrogens is 315 g/mol. The van der Waals surface area contributed by atoms with E-state index in [1.165, 1.54) is 0 Å². The number of halogens is 1. The monoisotopic (exact) mass is 332 g/mol. The first-order valence-corrected chi connectivity index (χ1v) is 6.51. The quantitative estimate of drug-likeness (QED) is 0.841. The number of nitrogens with one attached hydrogen (secondary N) is 1. The van der Waals surface area contributed by atoms with Crippen LogP contribution in [0.15, 0.2) is 24.3 Å². The largest absolute Gasteiger partial charge is 0.325 e. The van der Waals surface area contributed by atoms with Crippen molar-refractivity contribution < 1.29 is 4.79 Å². The van der Waals surface area contributed by atoms with Crippen LogP contribution in [0.1, 0.15) is 13.8 Å². The Labute approximate surface area is 110 Å². The molecule has 4 heteroatoms. The highest BCUT2D eigenvalue weighted by atomic mass is 127. The Morgan fingerprint density at radius 1 is 1.38 bits per heavy atom. The Morgan fingerprint density at radius 3 is 2.62 bits per heavy atom. The number of hydrogen-bond acceptors (Lipinski definition) is 2. The lowest BCUT2D eigenvalue weighted by Crippen LogP contribution is -2.32. The van der Waals surface area contributed by atoms with Crippen LogP contribution in [0.2, 0.25) is 0 Å². The Kier molecular flexibility index (Phi) is 5.76. The van der Waals surface area contributed by atoms with Crippen molar-refractivity contribution in [2.45, 2.75) is 13.8 Å². The SMILES string of the molecule is CCN(CC)CC(=O)Nc1cccc(I)c1. The second-order valence-corrected chi connectivity index (χ2v) is 4.77. The molecule has 0 fully saturated rings. The van der Waals surface area contributed by atoms with Gasteiger partial charge >= 0.3 is 0 Å². The molecule has 0 bridgehead atoms. The van der Waals surface area contributed by atoms with Gasteiger partial charge in [-0.05, 0) is 53.9 Å². The van der Waals surface area contributed by atoms with Crippen molar-refractivity contribution in [3.8, 4) is 0 Å². The summed E-state index contributed by atoms with van der Waals surface area (Å²) in [5, 5.41) is 2.90. The summed E-state index contributed by atoms with van der Waals surface area (Å²) in [4.78, 5) is 13.8. The highest BCUT2D eigenvalue weighted by Gasteiger charge is 2.07. The van der Waals surface area contributed by atoms with E-state index in [9.17, 15) is 4.79 Å². The number of amides is 1. The number of likely N-dealkylation sites (N-methyl/N-ethyl adjacent to an activating group) is 1. The number of nitrogens with zero attached hydrogens (tertiary/aromatic N) is 1. The van der Waals surface area contributed by atoms with Gasteiger partial charge in [-0.1, -0.05) is 19.9 Å². The molecule has 1 rings (SSSR count). The van der Waals surface area contributed by atoms with Crippen LogP contribution in [0, 0.1) is 3.57 Å². The number of carbonyl (C=O) groups is 1. The molecule has 0 aliphatic heterocycles. The first-order chi connectivity index (χ1) is 7.65. The van der Waals surface area contributed by atoms with Gasteiger partial charge in [0.1, 0.15) is 0 Å². The van der Waals surface area contributed by atoms with Gasteiger partial charge in [0.15, 0.2) is 0 Å². The molecule has 1 aromatic carbocycles. The van der Waals surface area contributed by atoms with E-state index in [4.69, 9.17) is 0 Å². The van der Waals surface area contributed by atoms with E-state index in [0.29, 0.717) is 6.54 Å². The minimum atomic E-state index is 0.0469.